The van der Waals surface area contributed by atoms with Crippen LogP contribution in [-0.2, 0) is 4.79 Å². The minimum Gasteiger partial charge on any atom is -0.322 e. The van der Waals surface area contributed by atoms with Crippen molar-refractivity contribution in [2.45, 2.75) is 0 Å². The summed E-state index contributed by atoms with van der Waals surface area (Å²) < 4.78 is 0. The van der Waals surface area contributed by atoms with E-state index in [1.807, 2.05) is 72.8 Å². The molecule has 1 N–H and O–H groups in total. The van der Waals surface area contributed by atoms with Gasteiger partial charge in [0.25, 0.3) is 5.91 Å². The van der Waals surface area contributed by atoms with Gasteiger partial charge in [0.05, 0.1) is 0 Å². The van der Waals surface area contributed by atoms with Crippen LogP contribution >= 0.6 is 0 Å². The van der Waals surface area contributed by atoms with E-state index in [0.29, 0.717) is 5.57 Å². The Kier molecular flexibility index (Phi) is 3.52. The van der Waals surface area contributed by atoms with E-state index in [0.717, 1.165) is 22.0 Å². The molecule has 1 amide bonds. The molecule has 3 rings (SSSR count). The summed E-state index contributed by atoms with van der Waals surface area (Å²) in [6.45, 7) is 3.87. The molecule has 0 aliphatic rings. The fourth-order valence-corrected chi connectivity index (χ4v) is 2.24. The summed E-state index contributed by atoms with van der Waals surface area (Å²) >= 11 is 0. The van der Waals surface area contributed by atoms with Gasteiger partial charge in [-0.2, -0.15) is 0 Å². The lowest BCUT2D eigenvalue weighted by Gasteiger charge is -2.09. The van der Waals surface area contributed by atoms with Crippen molar-refractivity contribution in [2.24, 2.45) is 0 Å². The van der Waals surface area contributed by atoms with Gasteiger partial charge in [-0.1, -0.05) is 67.2 Å². The van der Waals surface area contributed by atoms with E-state index in [1.165, 1.54) is 0 Å². The van der Waals surface area contributed by atoms with Crippen LogP contribution in [0.15, 0.2) is 79.4 Å². The molecular formula is C19H15NO. The summed E-state index contributed by atoms with van der Waals surface area (Å²) in [6, 6.07) is 23.4. The van der Waals surface area contributed by atoms with Crippen LogP contribution in [0, 0.1) is 0 Å². The van der Waals surface area contributed by atoms with Gasteiger partial charge in [0.15, 0.2) is 0 Å². The zero-order valence-corrected chi connectivity index (χ0v) is 11.5. The van der Waals surface area contributed by atoms with Crippen molar-refractivity contribution in [3.05, 3.63) is 84.9 Å². The number of nitrogens with one attached hydrogen (secondary N) is 1. The third-order valence-corrected chi connectivity index (χ3v) is 3.40. The maximum Gasteiger partial charge on any atom is 0.255 e. The van der Waals surface area contributed by atoms with E-state index in [2.05, 4.69) is 11.9 Å². The molecule has 0 heterocycles. The van der Waals surface area contributed by atoms with Gasteiger partial charge in [0.1, 0.15) is 0 Å². The molecule has 0 saturated carbocycles. The number of benzene rings is 3. The molecule has 0 unspecified atom stereocenters. The molecule has 102 valence electrons. The topological polar surface area (TPSA) is 29.1 Å². The molecule has 0 aromatic heterocycles. The van der Waals surface area contributed by atoms with Crippen LogP contribution in [0.4, 0.5) is 5.69 Å². The molecule has 0 bridgehead atoms. The van der Waals surface area contributed by atoms with Gasteiger partial charge in [-0.25, -0.2) is 0 Å². The van der Waals surface area contributed by atoms with Crippen LogP contribution in [0.25, 0.3) is 16.3 Å². The Morgan fingerprint density at radius 1 is 0.810 bits per heavy atom. The van der Waals surface area contributed by atoms with E-state index in [9.17, 15) is 4.79 Å². The van der Waals surface area contributed by atoms with Crippen LogP contribution in [0.3, 0.4) is 0 Å². The molecule has 2 heteroatoms. The van der Waals surface area contributed by atoms with E-state index in [-0.39, 0.29) is 5.91 Å². The van der Waals surface area contributed by atoms with Gasteiger partial charge >= 0.3 is 0 Å². The monoisotopic (exact) mass is 273 g/mol. The number of fused-ring (bicyclic) bond motifs is 1. The maximum atomic E-state index is 12.2. The lowest BCUT2D eigenvalue weighted by molar-refractivity contribution is -0.111. The molecule has 0 radical (unpaired) electrons. The Bertz CT molecular complexity index is 806. The Morgan fingerprint density at radius 3 is 2.24 bits per heavy atom. The summed E-state index contributed by atoms with van der Waals surface area (Å²) in [5.74, 6) is -0.184. The Balaban J connectivity index is 1.81. The minimum absolute atomic E-state index is 0.184. The second-order valence-corrected chi connectivity index (χ2v) is 4.86. The highest BCUT2D eigenvalue weighted by atomic mass is 16.1. The quantitative estimate of drug-likeness (QED) is 0.700. The lowest BCUT2D eigenvalue weighted by atomic mass is 10.1. The number of carbonyl (C=O) groups is 1. The zero-order valence-electron chi connectivity index (χ0n) is 11.5. The van der Waals surface area contributed by atoms with Crippen LogP contribution in [-0.4, -0.2) is 5.91 Å². The van der Waals surface area contributed by atoms with Crippen LogP contribution < -0.4 is 5.32 Å². The molecule has 0 aliphatic heterocycles. The first-order valence-corrected chi connectivity index (χ1v) is 6.78. The summed E-state index contributed by atoms with van der Waals surface area (Å²) in [6.07, 6.45) is 0. The Labute approximate surface area is 123 Å². The highest BCUT2D eigenvalue weighted by molar-refractivity contribution is 6.24. The molecule has 0 atom stereocenters. The van der Waals surface area contributed by atoms with Crippen molar-refractivity contribution < 1.29 is 4.79 Å². The molecule has 21 heavy (non-hydrogen) atoms. The van der Waals surface area contributed by atoms with Crippen molar-refractivity contribution in [3.63, 3.8) is 0 Å². The summed E-state index contributed by atoms with van der Waals surface area (Å²) in [5, 5.41) is 5.14. The first kappa shape index (κ1) is 13.1. The van der Waals surface area contributed by atoms with Gasteiger partial charge in [-0.05, 0) is 28.5 Å². The largest absolute Gasteiger partial charge is 0.322 e. The van der Waals surface area contributed by atoms with Crippen LogP contribution in [0.1, 0.15) is 5.56 Å². The molecule has 3 aromatic carbocycles. The standard InChI is InChI=1S/C19H15NO/c1-14(15-7-3-2-4-8-15)19(21)20-18-12-11-16-9-5-6-10-17(16)13-18/h2-13H,1H2,(H,20,21). The number of rotatable bonds is 3. The smallest absolute Gasteiger partial charge is 0.255 e. The molecular weight excluding hydrogens is 258 g/mol. The van der Waals surface area contributed by atoms with E-state index < -0.39 is 0 Å². The second-order valence-electron chi connectivity index (χ2n) is 4.86. The molecule has 0 aliphatic carbocycles. The van der Waals surface area contributed by atoms with Gasteiger partial charge in [-0.3, -0.25) is 4.79 Å². The molecule has 2 nitrogen and oxygen atoms in total. The summed E-state index contributed by atoms with van der Waals surface area (Å²) in [4.78, 5) is 12.2. The van der Waals surface area contributed by atoms with Crippen molar-refractivity contribution in [3.8, 4) is 0 Å². The SMILES string of the molecule is C=C(C(=O)Nc1ccc2ccccc2c1)c1ccccc1. The van der Waals surface area contributed by atoms with Gasteiger partial charge < -0.3 is 5.32 Å². The van der Waals surface area contributed by atoms with Gasteiger partial charge in [0.2, 0.25) is 0 Å². The van der Waals surface area contributed by atoms with Crippen molar-refractivity contribution in [1.82, 2.24) is 0 Å². The third kappa shape index (κ3) is 2.84. The molecule has 0 fully saturated rings. The highest BCUT2D eigenvalue weighted by Gasteiger charge is 2.09. The van der Waals surface area contributed by atoms with Crippen molar-refractivity contribution in [1.29, 1.82) is 0 Å². The highest BCUT2D eigenvalue weighted by Crippen LogP contribution is 2.20. The number of carbonyl (C=O) groups excluding carboxylic acids is 1. The lowest BCUT2D eigenvalue weighted by Crippen LogP contribution is -2.12. The number of anilines is 1. The normalized spacial score (nSPS) is 10.3. The molecule has 3 aromatic rings. The van der Waals surface area contributed by atoms with Gasteiger partial charge in [-0.15, -0.1) is 0 Å². The average Bonchev–Trinajstić information content (AvgIpc) is 2.55. The summed E-state index contributed by atoms with van der Waals surface area (Å²) in [7, 11) is 0. The van der Waals surface area contributed by atoms with Crippen LogP contribution in [0.5, 0.6) is 0 Å². The van der Waals surface area contributed by atoms with E-state index in [1.54, 1.807) is 0 Å². The molecule has 0 spiro atoms. The number of amides is 1. The van der Waals surface area contributed by atoms with Crippen molar-refractivity contribution >= 4 is 27.9 Å². The van der Waals surface area contributed by atoms with Gasteiger partial charge in [0, 0.05) is 11.3 Å². The van der Waals surface area contributed by atoms with Crippen molar-refractivity contribution in [2.75, 3.05) is 5.32 Å². The van der Waals surface area contributed by atoms with Crippen LogP contribution in [0.2, 0.25) is 0 Å². The molecule has 0 saturated heterocycles. The predicted molar refractivity (Wildman–Crippen MR) is 88.1 cm³/mol. The first-order valence-electron chi connectivity index (χ1n) is 6.78. The Morgan fingerprint density at radius 2 is 1.48 bits per heavy atom. The predicted octanol–water partition coefficient (Wildman–Crippen LogP) is 4.49. The minimum atomic E-state index is -0.184. The first-order chi connectivity index (χ1) is 10.2. The zero-order chi connectivity index (χ0) is 14.7. The van der Waals surface area contributed by atoms with E-state index in [4.69, 9.17) is 0 Å². The number of hydrogen-bond acceptors (Lipinski definition) is 1. The second kappa shape index (κ2) is 5.63. The maximum absolute atomic E-state index is 12.2. The summed E-state index contributed by atoms with van der Waals surface area (Å²) in [5.41, 5.74) is 2.07. The third-order valence-electron chi connectivity index (χ3n) is 3.40. The average molecular weight is 273 g/mol. The Hall–Kier alpha value is -2.87. The number of hydrogen-bond donors (Lipinski definition) is 1. The fraction of sp³-hybridized carbons (Fsp3) is 0. The fourth-order valence-electron chi connectivity index (χ4n) is 2.24. The van der Waals surface area contributed by atoms with E-state index >= 15 is 0 Å².